The number of aromatic amines is 2. The number of benzene rings is 4. The number of anilines is 1. The Hall–Kier alpha value is -9.00. The number of nitrogens with two attached hydrogens (primary N) is 1. The number of nitrogens with zero attached hydrogens (tertiary/aromatic N) is 10. The van der Waals surface area contributed by atoms with Gasteiger partial charge in [0.25, 0.3) is 5.56 Å². The third-order valence-corrected chi connectivity index (χ3v) is 18.5. The SMILES string of the molecule is CCn1nccc1-c1ccc([C@H](CO)NC(=O)[C@@H]2C[C@@H](O)CN2C(=O)[C@H](C(C)C)n2cc3c(n2)c(=O)[nH]c2cc(COc4c(-c5c(C)c(F)cc6[nH]ncc56)c(C5CC5)cc5c(N6C[C@@H]7C[C@H]6CN7C(N)=O)nc(OC6CCOCC6)nc45)ccc23)cc1. The maximum atomic E-state index is 16.3. The molecule has 4 aliphatic heterocycles. The molecule has 0 radical (unpaired) electrons. The molecule has 9 heterocycles. The van der Waals surface area contributed by atoms with Crippen LogP contribution in [0.15, 0.2) is 84.0 Å². The average Bonchev–Trinajstić information content (AvgIpc) is 1.32. The number of hydrogen-bond donors (Lipinski definition) is 6. The summed E-state index contributed by atoms with van der Waals surface area (Å²) in [5.74, 6) is -0.626. The first-order valence-electron chi connectivity index (χ1n) is 30.4. The summed E-state index contributed by atoms with van der Waals surface area (Å²) in [4.78, 5) is 74.5. The summed E-state index contributed by atoms with van der Waals surface area (Å²) in [6.07, 6.45) is 7.71. The Labute approximate surface area is 503 Å². The van der Waals surface area contributed by atoms with Gasteiger partial charge in [0.1, 0.15) is 41.9 Å². The van der Waals surface area contributed by atoms with Crippen molar-refractivity contribution in [1.29, 1.82) is 0 Å². The van der Waals surface area contributed by atoms with Gasteiger partial charge >= 0.3 is 12.0 Å². The van der Waals surface area contributed by atoms with Gasteiger partial charge in [0.05, 0.1) is 61.5 Å². The number of primary amides is 1. The average molecular weight is 1200 g/mol. The van der Waals surface area contributed by atoms with Crippen molar-refractivity contribution < 1.29 is 43.2 Å². The summed E-state index contributed by atoms with van der Waals surface area (Å²) >= 11 is 0. The Morgan fingerprint density at radius 1 is 0.898 bits per heavy atom. The van der Waals surface area contributed by atoms with E-state index >= 15 is 4.39 Å². The quantitative estimate of drug-likeness (QED) is 0.0532. The number of H-pyrrole nitrogens is 2. The van der Waals surface area contributed by atoms with Crippen molar-refractivity contribution in [1.82, 2.24) is 59.8 Å². The van der Waals surface area contributed by atoms with Crippen molar-refractivity contribution >= 4 is 67.3 Å². The van der Waals surface area contributed by atoms with Crippen LogP contribution in [0.3, 0.4) is 0 Å². The summed E-state index contributed by atoms with van der Waals surface area (Å²) in [6, 6.07) is 15.3. The highest BCUT2D eigenvalue weighted by molar-refractivity contribution is 6.07. The highest BCUT2D eigenvalue weighted by Crippen LogP contribution is 2.54. The molecule has 4 aromatic carbocycles. The lowest BCUT2D eigenvalue weighted by atomic mass is 9.88. The molecule has 0 unspecified atom stereocenters. The van der Waals surface area contributed by atoms with Gasteiger partial charge in [-0.25, -0.2) is 9.18 Å². The number of hydrogen-bond acceptors (Lipinski definition) is 15. The number of aryl methyl sites for hydroxylation is 1. The van der Waals surface area contributed by atoms with Crippen LogP contribution in [0, 0.1) is 18.7 Å². The monoisotopic (exact) mass is 1200 g/mol. The molecule has 456 valence electrons. The second-order valence-corrected chi connectivity index (χ2v) is 24.5. The first-order chi connectivity index (χ1) is 42.6. The number of nitrogens with one attached hydrogen (secondary N) is 3. The molecule has 7 N–H and O–H groups in total. The van der Waals surface area contributed by atoms with E-state index in [0.717, 1.165) is 41.5 Å². The molecular formula is C64H69FN14O9. The molecule has 88 heavy (non-hydrogen) atoms. The number of ether oxygens (including phenoxy) is 3. The maximum Gasteiger partial charge on any atom is 0.319 e. The molecule has 5 aromatic heterocycles. The van der Waals surface area contributed by atoms with Gasteiger partial charge in [0, 0.05) is 96.0 Å². The largest absolute Gasteiger partial charge is 0.486 e. The van der Waals surface area contributed by atoms with Gasteiger partial charge in [-0.1, -0.05) is 50.2 Å². The number of rotatable bonds is 17. The van der Waals surface area contributed by atoms with E-state index in [1.807, 2.05) is 74.0 Å². The minimum absolute atomic E-state index is 0.0149. The van der Waals surface area contributed by atoms with Gasteiger partial charge in [0.15, 0.2) is 11.3 Å². The number of urea groups is 1. The van der Waals surface area contributed by atoms with Gasteiger partial charge < -0.3 is 55.2 Å². The Morgan fingerprint density at radius 3 is 2.43 bits per heavy atom. The van der Waals surface area contributed by atoms with Gasteiger partial charge in [-0.2, -0.15) is 25.3 Å². The minimum atomic E-state index is -1.06. The lowest BCUT2D eigenvalue weighted by Crippen LogP contribution is -2.50. The van der Waals surface area contributed by atoms with Crippen LogP contribution in [0.2, 0.25) is 0 Å². The zero-order valence-electron chi connectivity index (χ0n) is 49.3. The third-order valence-electron chi connectivity index (χ3n) is 18.5. The van der Waals surface area contributed by atoms with Crippen LogP contribution in [-0.4, -0.2) is 152 Å². The molecule has 9 aromatic rings. The van der Waals surface area contributed by atoms with E-state index < -0.39 is 60.1 Å². The zero-order chi connectivity index (χ0) is 60.8. The molecule has 0 spiro atoms. The number of aromatic nitrogens is 9. The third kappa shape index (κ3) is 10.1. The lowest BCUT2D eigenvalue weighted by molar-refractivity contribution is -0.142. The lowest BCUT2D eigenvalue weighted by Gasteiger charge is -2.35. The fraction of sp³-hybridized carbons (Fsp3) is 0.422. The number of carbonyl (C=O) groups is 3. The molecule has 4 saturated heterocycles. The Bertz CT molecular complexity index is 4280. The van der Waals surface area contributed by atoms with Gasteiger partial charge in [0.2, 0.25) is 11.8 Å². The Morgan fingerprint density at radius 2 is 1.70 bits per heavy atom. The normalized spacial score (nSPS) is 20.3. The van der Waals surface area contributed by atoms with E-state index in [1.54, 1.807) is 30.4 Å². The van der Waals surface area contributed by atoms with Crippen LogP contribution in [-0.2, 0) is 27.5 Å². The van der Waals surface area contributed by atoms with E-state index in [-0.39, 0.29) is 61.1 Å². The molecule has 24 heteroatoms. The van der Waals surface area contributed by atoms with E-state index in [0.29, 0.717) is 118 Å². The van der Waals surface area contributed by atoms with E-state index in [9.17, 15) is 29.4 Å². The second-order valence-electron chi connectivity index (χ2n) is 24.5. The van der Waals surface area contributed by atoms with Crippen molar-refractivity contribution in [3.05, 3.63) is 118 Å². The molecular weight excluding hydrogens is 1130 g/mol. The number of β-amino-alcohol motifs (C(OH)–C–C–N with tert-alkyl or cyclic N) is 1. The topological polar surface area (TPSA) is 290 Å². The van der Waals surface area contributed by atoms with E-state index in [1.165, 1.54) is 15.6 Å². The van der Waals surface area contributed by atoms with Crippen LogP contribution >= 0.6 is 0 Å². The van der Waals surface area contributed by atoms with Gasteiger partial charge in [-0.05, 0) is 97.0 Å². The number of carbonyl (C=O) groups excluding carboxylic acids is 3. The number of piperazine rings is 1. The van der Waals surface area contributed by atoms with Crippen LogP contribution in [0.25, 0.3) is 66.0 Å². The van der Waals surface area contributed by atoms with Crippen molar-refractivity contribution in [3.63, 3.8) is 0 Å². The van der Waals surface area contributed by atoms with Crippen molar-refractivity contribution in [3.8, 4) is 34.1 Å². The minimum Gasteiger partial charge on any atom is -0.486 e. The van der Waals surface area contributed by atoms with Gasteiger partial charge in [-0.3, -0.25) is 28.8 Å². The van der Waals surface area contributed by atoms with Crippen molar-refractivity contribution in [2.75, 3.05) is 44.4 Å². The molecule has 1 saturated carbocycles. The highest BCUT2D eigenvalue weighted by atomic mass is 19.1. The van der Waals surface area contributed by atoms with Crippen LogP contribution < -0.4 is 31.0 Å². The summed E-state index contributed by atoms with van der Waals surface area (Å²) in [6.45, 7) is 9.63. The Kier molecular flexibility index (Phi) is 14.6. The number of likely N-dealkylation sites (tertiary alicyclic amines) is 2. The number of aliphatic hydroxyl groups is 2. The molecule has 1 aliphatic carbocycles. The first kappa shape index (κ1) is 56.8. The summed E-state index contributed by atoms with van der Waals surface area (Å²) in [5.41, 5.74) is 12.8. The number of aliphatic hydroxyl groups excluding tert-OH is 2. The number of amides is 4. The number of pyridine rings is 1. The molecule has 4 amide bonds. The summed E-state index contributed by atoms with van der Waals surface area (Å²) in [7, 11) is 0. The molecule has 6 atom stereocenters. The van der Waals surface area contributed by atoms with Crippen LogP contribution in [0.5, 0.6) is 11.8 Å². The molecule has 5 fully saturated rings. The van der Waals surface area contributed by atoms with E-state index in [2.05, 4.69) is 36.6 Å². The molecule has 14 rings (SSSR count). The zero-order valence-corrected chi connectivity index (χ0v) is 49.3. The highest BCUT2D eigenvalue weighted by Gasteiger charge is 2.47. The standard InChI is InChI=1S/C64H69FN14O9/c1-5-78-51(14-17-68-78)37-11-9-36(10-12-37)50(30-80)70-60(82)52-22-40(81)28-77(52)62(84)57(32(2)3)79-29-46-42-13-6-34(20-48(42)69-61(83)56(46)74-79)31-87-58-54(53-33(4)47(65)24-49-45(53)25-67-73-49)43(35-7-8-35)23-44-55(58)71-64(88-41-15-18-86-19-16-41)72-59(44)75-26-39-21-38(75)27-76(39)63(66)85/h6,9-14,17,20,23-25,29,32,35,38-41,50,52,57,80-81H,5,7-8,15-16,18-19,21-22,26-28,30-31H2,1-4H3,(H2,66,85)(H,67,73)(H,69,83)(H,70,82)/t38-,39-,40+,50-,52-,57-/m0/s1. The van der Waals surface area contributed by atoms with Crippen molar-refractivity contribution in [2.24, 2.45) is 11.7 Å². The smallest absolute Gasteiger partial charge is 0.319 e. The molecule has 2 bridgehead atoms. The second kappa shape index (κ2) is 22.6. The van der Waals surface area contributed by atoms with E-state index in [4.69, 9.17) is 35.0 Å². The fourth-order valence-electron chi connectivity index (χ4n) is 13.9. The fourth-order valence-corrected chi connectivity index (χ4v) is 13.9. The maximum absolute atomic E-state index is 16.3. The van der Waals surface area contributed by atoms with Crippen LogP contribution in [0.4, 0.5) is 15.0 Å². The predicted octanol–water partition coefficient (Wildman–Crippen LogP) is 7.06. The number of fused-ring (bicyclic) bond motifs is 7. The Balaban J connectivity index is 0.798. The molecule has 5 aliphatic rings. The summed E-state index contributed by atoms with van der Waals surface area (Å²) in [5, 5.41) is 43.5. The van der Waals surface area contributed by atoms with Crippen LogP contribution in [0.1, 0.15) is 99.6 Å². The predicted molar refractivity (Wildman–Crippen MR) is 325 cm³/mol. The van der Waals surface area contributed by atoms with Crippen molar-refractivity contribution in [2.45, 2.75) is 128 Å². The molecule has 23 nitrogen and oxygen atoms in total. The first-order valence-corrected chi connectivity index (χ1v) is 30.4. The van der Waals surface area contributed by atoms with Gasteiger partial charge in [-0.15, -0.1) is 0 Å². The number of halogens is 1. The summed E-state index contributed by atoms with van der Waals surface area (Å²) < 4.78 is 39.2.